The number of hydrogen-bond acceptors (Lipinski definition) is 3. The predicted octanol–water partition coefficient (Wildman–Crippen LogP) is 0.0447. The van der Waals surface area contributed by atoms with Crippen LogP contribution in [-0.4, -0.2) is 19.2 Å². The van der Waals surface area contributed by atoms with E-state index in [4.69, 9.17) is 0 Å². The molecule has 1 atom stereocenters. The van der Waals surface area contributed by atoms with Gasteiger partial charge < -0.3 is 4.55 Å². The molecule has 7 heavy (non-hydrogen) atoms. The monoisotopic (exact) mass is 254 g/mol. The van der Waals surface area contributed by atoms with E-state index in [1.807, 2.05) is 0 Å². The maximum Gasteiger partial charge on any atom is 0.318 e. The first-order valence-corrected chi connectivity index (χ1v) is 7.33. The molecule has 0 aliphatic heterocycles. The highest BCUT2D eigenvalue weighted by atomic mass is 127. The molecule has 0 N–H and O–H groups in total. The van der Waals surface area contributed by atoms with Crippen molar-refractivity contribution < 1.29 is 13.0 Å². The largest absolute Gasteiger partial charge is 0.593 e. The second-order valence-electron chi connectivity index (χ2n) is 0.898. The fourth-order valence-corrected chi connectivity index (χ4v) is 0. The number of hydrogen-bond donors (Lipinski definition) is 0. The van der Waals surface area contributed by atoms with E-state index in [1.54, 1.807) is 0 Å². The van der Waals surface area contributed by atoms with Gasteiger partial charge in [0.05, 0.1) is 6.26 Å². The summed E-state index contributed by atoms with van der Waals surface area (Å²) in [6.45, 7) is 0. The molecular weight excluding hydrogens is 251 g/mol. The number of rotatable bonds is 1. The van der Waals surface area contributed by atoms with Crippen LogP contribution in [0, 0.1) is 0 Å². The lowest BCUT2D eigenvalue weighted by Crippen LogP contribution is -2.04. The summed E-state index contributed by atoms with van der Waals surface area (Å²) in [7, 11) is -5.02. The lowest BCUT2D eigenvalue weighted by Gasteiger charge is -1.92. The second kappa shape index (κ2) is 2.51. The average Bonchev–Trinajstić information content (AvgIpc) is 1.31. The van der Waals surface area contributed by atoms with E-state index in [-0.39, 0.29) is 0 Å². The molecule has 3 nitrogen and oxygen atoms in total. The lowest BCUT2D eigenvalue weighted by molar-refractivity contribution is 0.595. The molecule has 0 saturated carbocycles. The molecular formula is CH3IO3S2. The third kappa shape index (κ3) is 3.56. The van der Waals surface area contributed by atoms with Crippen LogP contribution in [0.2, 0.25) is 0 Å². The summed E-state index contributed by atoms with van der Waals surface area (Å²) in [5.74, 6) is 0. The van der Waals surface area contributed by atoms with Crippen molar-refractivity contribution in [2.24, 2.45) is 0 Å². The van der Waals surface area contributed by atoms with Crippen LogP contribution in [0.5, 0.6) is 0 Å². The van der Waals surface area contributed by atoms with E-state index in [2.05, 4.69) is 0 Å². The van der Waals surface area contributed by atoms with Crippen molar-refractivity contribution in [3.63, 3.8) is 0 Å². The van der Waals surface area contributed by atoms with Crippen molar-refractivity contribution in [1.82, 2.24) is 0 Å². The van der Waals surface area contributed by atoms with Crippen molar-refractivity contribution >= 4 is 37.5 Å². The van der Waals surface area contributed by atoms with Gasteiger partial charge in [0.15, 0.2) is 0 Å². The van der Waals surface area contributed by atoms with Crippen LogP contribution in [0.25, 0.3) is 0 Å². The van der Waals surface area contributed by atoms with Gasteiger partial charge in [0.25, 0.3) is 21.2 Å². The fourth-order valence-electron chi connectivity index (χ4n) is 0. The minimum absolute atomic E-state index is 0.926. The van der Waals surface area contributed by atoms with Gasteiger partial charge in [-0.3, -0.25) is 0 Å². The molecule has 6 heteroatoms. The molecule has 0 aromatic rings. The second-order valence-corrected chi connectivity index (χ2v) is 9.61. The van der Waals surface area contributed by atoms with Crippen LogP contribution in [0.3, 0.4) is 0 Å². The van der Waals surface area contributed by atoms with Crippen molar-refractivity contribution in [3.8, 4) is 0 Å². The molecule has 0 radical (unpaired) electrons. The Hall–Kier alpha value is 0.990. The van der Waals surface area contributed by atoms with Crippen LogP contribution in [0.15, 0.2) is 0 Å². The molecule has 0 fully saturated rings. The highest BCUT2D eigenvalue weighted by Gasteiger charge is 2.15. The lowest BCUT2D eigenvalue weighted by atomic mass is 12.0. The van der Waals surface area contributed by atoms with Gasteiger partial charge in [0.2, 0.25) is 0 Å². The first-order valence-electron chi connectivity index (χ1n) is 1.23. The Morgan fingerprint density at radius 3 is 1.86 bits per heavy atom. The van der Waals surface area contributed by atoms with Gasteiger partial charge >= 0.3 is 8.87 Å². The van der Waals surface area contributed by atoms with Crippen LogP contribution < -0.4 is 0 Å². The van der Waals surface area contributed by atoms with E-state index in [0.29, 0.717) is 0 Å². The summed E-state index contributed by atoms with van der Waals surface area (Å²) in [5.41, 5.74) is 0. The Kier molecular flexibility index (Phi) is 2.87. The van der Waals surface area contributed by atoms with Crippen molar-refractivity contribution in [2.75, 3.05) is 6.26 Å². The van der Waals surface area contributed by atoms with Gasteiger partial charge in [-0.25, -0.2) is 0 Å². The Morgan fingerprint density at radius 2 is 1.86 bits per heavy atom. The molecule has 0 saturated heterocycles. The Morgan fingerprint density at radius 1 is 1.71 bits per heavy atom. The molecule has 0 aliphatic carbocycles. The van der Waals surface area contributed by atoms with E-state index >= 15 is 0 Å². The summed E-state index contributed by atoms with van der Waals surface area (Å²) >= 11 is 1.33. The molecule has 1 unspecified atom stereocenters. The first-order chi connectivity index (χ1) is 2.94. The quantitative estimate of drug-likeness (QED) is 0.377. The van der Waals surface area contributed by atoms with Crippen molar-refractivity contribution in [1.29, 1.82) is 0 Å². The molecule has 0 aromatic carbocycles. The molecule has 0 rings (SSSR count). The SMILES string of the molecule is CS(=O)(=O)[S+]([O-])I. The van der Waals surface area contributed by atoms with Crippen molar-refractivity contribution in [3.05, 3.63) is 0 Å². The summed E-state index contributed by atoms with van der Waals surface area (Å²) in [6.07, 6.45) is 0.926. The highest BCUT2D eigenvalue weighted by molar-refractivity contribution is 14.2. The normalized spacial score (nSPS) is 16.4. The average molecular weight is 254 g/mol. The third-order valence-corrected chi connectivity index (χ3v) is 8.02. The van der Waals surface area contributed by atoms with Gasteiger partial charge in [-0.15, -0.1) is 0 Å². The van der Waals surface area contributed by atoms with Gasteiger partial charge in [-0.2, -0.15) is 8.42 Å². The van der Waals surface area contributed by atoms with Crippen LogP contribution in [-0.2, 0) is 16.2 Å². The Bertz CT molecular complexity index is 135. The summed E-state index contributed by atoms with van der Waals surface area (Å²) in [4.78, 5) is 0. The molecule has 44 valence electrons. The first kappa shape index (κ1) is 7.99. The van der Waals surface area contributed by atoms with Crippen LogP contribution >= 0.6 is 21.2 Å². The van der Waals surface area contributed by atoms with E-state index in [9.17, 15) is 13.0 Å². The zero-order valence-electron chi connectivity index (χ0n) is 3.42. The molecule has 0 amide bonds. The molecule has 0 spiro atoms. The van der Waals surface area contributed by atoms with Gasteiger partial charge in [-0.1, -0.05) is 0 Å². The molecule has 0 heterocycles. The smallest absolute Gasteiger partial charge is 0.318 e. The fraction of sp³-hybridized carbons (Fsp3) is 1.00. The molecule has 0 bridgehead atoms. The van der Waals surface area contributed by atoms with Crippen LogP contribution in [0.4, 0.5) is 0 Å². The third-order valence-electron chi connectivity index (χ3n) is 0.238. The van der Waals surface area contributed by atoms with Gasteiger partial charge in [-0.05, 0) is 0 Å². The van der Waals surface area contributed by atoms with Gasteiger partial charge in [0.1, 0.15) is 7.38 Å². The Balaban J connectivity index is 4.10. The minimum Gasteiger partial charge on any atom is -0.593 e. The van der Waals surface area contributed by atoms with E-state index < -0.39 is 16.2 Å². The standard InChI is InChI=1S/CH3IO3S2/c1-7(4,5)6(2)3/h1H3. The van der Waals surface area contributed by atoms with Crippen LogP contribution in [0.1, 0.15) is 0 Å². The summed E-state index contributed by atoms with van der Waals surface area (Å²) < 4.78 is 30.0. The van der Waals surface area contributed by atoms with Gasteiger partial charge in [0, 0.05) is 0 Å². The Labute approximate surface area is 56.6 Å². The highest BCUT2D eigenvalue weighted by Crippen LogP contribution is 2.08. The maximum absolute atomic E-state index is 10.0. The maximum atomic E-state index is 10.0. The van der Waals surface area contributed by atoms with E-state index in [1.165, 1.54) is 21.2 Å². The minimum atomic E-state index is -3.28. The summed E-state index contributed by atoms with van der Waals surface area (Å²) in [5, 5.41) is 0. The van der Waals surface area contributed by atoms with Crippen molar-refractivity contribution in [2.45, 2.75) is 0 Å². The topological polar surface area (TPSA) is 57.2 Å². The zero-order valence-corrected chi connectivity index (χ0v) is 7.21. The zero-order chi connectivity index (χ0) is 6.08. The summed E-state index contributed by atoms with van der Waals surface area (Å²) in [6, 6.07) is 0. The number of halogens is 1. The van der Waals surface area contributed by atoms with E-state index in [0.717, 1.165) is 6.26 Å². The molecule has 0 aromatic heterocycles. The predicted molar refractivity (Wildman–Crippen MR) is 37.0 cm³/mol. The molecule has 0 aliphatic rings.